The Labute approximate surface area is 182 Å². The highest BCUT2D eigenvalue weighted by atomic mass is 16.1. The third-order valence-corrected chi connectivity index (χ3v) is 4.63. The molecule has 31 heavy (non-hydrogen) atoms. The number of nitrogens with zero attached hydrogens (tertiary/aromatic N) is 5. The zero-order chi connectivity index (χ0) is 22.1. The minimum Gasteiger partial charge on any atom is -0.354 e. The maximum absolute atomic E-state index is 12.7. The topological polar surface area (TPSA) is 97.2 Å². The second-order valence-electron chi connectivity index (χ2n) is 6.89. The van der Waals surface area contributed by atoms with Crippen molar-refractivity contribution < 1.29 is 4.79 Å². The van der Waals surface area contributed by atoms with Gasteiger partial charge in [0.15, 0.2) is 5.84 Å². The van der Waals surface area contributed by atoms with Crippen LogP contribution < -0.4 is 21.0 Å². The minimum atomic E-state index is -0.280. The van der Waals surface area contributed by atoms with Gasteiger partial charge in [0.05, 0.1) is 16.9 Å². The molecular weight excluding hydrogens is 392 g/mol. The van der Waals surface area contributed by atoms with Crippen LogP contribution in [0.1, 0.15) is 17.3 Å². The Balaban J connectivity index is 1.67. The van der Waals surface area contributed by atoms with E-state index < -0.39 is 0 Å². The summed E-state index contributed by atoms with van der Waals surface area (Å²) in [5, 5.41) is 12.1. The molecular formula is C22H28N8O. The molecule has 1 fully saturated rings. The Hall–Kier alpha value is -3.72. The molecule has 0 aliphatic carbocycles. The van der Waals surface area contributed by atoms with Crippen LogP contribution in [-0.2, 0) is 0 Å². The number of rotatable bonds is 7. The van der Waals surface area contributed by atoms with Crippen molar-refractivity contribution in [2.45, 2.75) is 6.92 Å². The second-order valence-corrected chi connectivity index (χ2v) is 6.89. The Morgan fingerprint density at radius 2 is 2.03 bits per heavy atom. The maximum atomic E-state index is 12.7. The molecule has 162 valence electrons. The van der Waals surface area contributed by atoms with Crippen LogP contribution in [0.2, 0.25) is 0 Å². The largest absolute Gasteiger partial charge is 0.354 e. The number of piperazine rings is 1. The van der Waals surface area contributed by atoms with Gasteiger partial charge in [0.1, 0.15) is 5.82 Å². The van der Waals surface area contributed by atoms with E-state index in [2.05, 4.69) is 42.8 Å². The van der Waals surface area contributed by atoms with Gasteiger partial charge in [-0.05, 0) is 44.0 Å². The number of nitrogens with one attached hydrogen (secondary N) is 3. The van der Waals surface area contributed by atoms with E-state index >= 15 is 0 Å². The molecule has 2 heterocycles. The van der Waals surface area contributed by atoms with Crippen molar-refractivity contribution in [2.75, 3.05) is 43.6 Å². The zero-order valence-electron chi connectivity index (χ0n) is 17.9. The van der Waals surface area contributed by atoms with Crippen molar-refractivity contribution in [3.63, 3.8) is 0 Å². The highest BCUT2D eigenvalue weighted by Gasteiger charge is 2.14. The van der Waals surface area contributed by atoms with E-state index in [1.54, 1.807) is 31.5 Å². The molecule has 1 aromatic heterocycles. The van der Waals surface area contributed by atoms with Crippen LogP contribution >= 0.6 is 0 Å². The molecule has 0 bridgehead atoms. The summed E-state index contributed by atoms with van der Waals surface area (Å²) >= 11 is 0. The molecule has 9 nitrogen and oxygen atoms in total. The summed E-state index contributed by atoms with van der Waals surface area (Å²) < 4.78 is 0. The lowest BCUT2D eigenvalue weighted by Gasteiger charge is -2.28. The molecule has 1 amide bonds. The number of carbonyl (C=O) groups excluding carboxylic acids is 1. The van der Waals surface area contributed by atoms with E-state index in [-0.39, 0.29) is 5.91 Å². The van der Waals surface area contributed by atoms with Gasteiger partial charge < -0.3 is 15.5 Å². The normalized spacial score (nSPS) is 14.4. The molecule has 1 aliphatic rings. The van der Waals surface area contributed by atoms with Crippen molar-refractivity contribution in [2.24, 2.45) is 10.1 Å². The first-order valence-electron chi connectivity index (χ1n) is 10.1. The summed E-state index contributed by atoms with van der Waals surface area (Å²) in [5.74, 6) is 0.981. The van der Waals surface area contributed by atoms with Gasteiger partial charge in [0.25, 0.3) is 5.91 Å². The van der Waals surface area contributed by atoms with E-state index in [1.807, 2.05) is 37.3 Å². The summed E-state index contributed by atoms with van der Waals surface area (Å²) in [6.45, 7) is 9.10. The molecule has 3 rings (SSSR count). The lowest BCUT2D eigenvalue weighted by atomic mass is 10.2. The average Bonchev–Trinajstić information content (AvgIpc) is 2.80. The fourth-order valence-electron chi connectivity index (χ4n) is 3.11. The third-order valence-electron chi connectivity index (χ3n) is 4.63. The number of aliphatic imine (C=N–C) groups is 1. The van der Waals surface area contributed by atoms with E-state index in [1.165, 1.54) is 5.12 Å². The van der Waals surface area contributed by atoms with Gasteiger partial charge in [-0.1, -0.05) is 18.2 Å². The number of pyridine rings is 1. The summed E-state index contributed by atoms with van der Waals surface area (Å²) in [4.78, 5) is 23.3. The Bertz CT molecular complexity index is 948. The molecule has 2 aromatic rings. The first kappa shape index (κ1) is 22.0. The first-order valence-corrected chi connectivity index (χ1v) is 10.1. The van der Waals surface area contributed by atoms with Crippen LogP contribution in [0.3, 0.4) is 0 Å². The number of hydrazone groups is 1. The number of amidine groups is 1. The number of hydrogen-bond acceptors (Lipinski definition) is 8. The summed E-state index contributed by atoms with van der Waals surface area (Å²) in [5.41, 5.74) is 5.03. The molecule has 0 unspecified atom stereocenters. The van der Waals surface area contributed by atoms with Crippen molar-refractivity contribution in [3.05, 3.63) is 60.3 Å². The van der Waals surface area contributed by atoms with Crippen molar-refractivity contribution in [1.82, 2.24) is 20.7 Å². The number of aromatic nitrogens is 1. The zero-order valence-corrected chi connectivity index (χ0v) is 17.9. The summed E-state index contributed by atoms with van der Waals surface area (Å²) in [7, 11) is 1.74. The molecule has 1 aliphatic heterocycles. The van der Waals surface area contributed by atoms with Crippen LogP contribution in [0.4, 0.5) is 17.2 Å². The van der Waals surface area contributed by atoms with E-state index in [9.17, 15) is 4.79 Å². The molecule has 0 atom stereocenters. The van der Waals surface area contributed by atoms with Crippen LogP contribution in [-0.4, -0.2) is 61.8 Å². The highest BCUT2D eigenvalue weighted by Crippen LogP contribution is 2.23. The number of hydrazine groups is 1. The summed E-state index contributed by atoms with van der Waals surface area (Å²) in [6.07, 6.45) is 5.11. The minimum absolute atomic E-state index is 0.280. The standard InChI is InChI=1S/C22H28N8O/c1-4-7-20(28-29(3)27-19-9-6-5-8-18(19)23-2)26-22(31)17-10-11-21(25-16-17)30-14-12-24-13-15-30/h4-11,16,24,27H,2,12-15H2,1,3H3,(H,26,28,31)/b7-4+. The lowest BCUT2D eigenvalue weighted by molar-refractivity contribution is 0.0976. The van der Waals surface area contributed by atoms with Gasteiger partial charge in [0, 0.05) is 39.4 Å². The molecule has 3 N–H and O–H groups in total. The molecule has 9 heteroatoms. The van der Waals surface area contributed by atoms with Crippen LogP contribution in [0.15, 0.2) is 64.8 Å². The van der Waals surface area contributed by atoms with Gasteiger partial charge >= 0.3 is 0 Å². The number of anilines is 2. The van der Waals surface area contributed by atoms with Crippen LogP contribution in [0.5, 0.6) is 0 Å². The van der Waals surface area contributed by atoms with Gasteiger partial charge in [-0.3, -0.25) is 15.2 Å². The number of hydrogen-bond donors (Lipinski definition) is 3. The first-order chi connectivity index (χ1) is 15.1. The number of allylic oxidation sites excluding steroid dienone is 1. The maximum Gasteiger partial charge on any atom is 0.258 e. The number of carbonyl (C=O) groups is 1. The SMILES string of the molecule is C=Nc1ccccc1NN(C)/N=C(\C=C\C)NC(=O)c1ccc(N2CCNCC2)nc1. The number of para-hydroxylation sites is 2. The van der Waals surface area contributed by atoms with E-state index in [0.717, 1.165) is 37.7 Å². The van der Waals surface area contributed by atoms with Gasteiger partial charge in [-0.15, -0.1) is 5.10 Å². The predicted molar refractivity (Wildman–Crippen MR) is 126 cm³/mol. The van der Waals surface area contributed by atoms with Crippen molar-refractivity contribution in [3.8, 4) is 0 Å². The van der Waals surface area contributed by atoms with Gasteiger partial charge in [0.2, 0.25) is 0 Å². The Kier molecular flexibility index (Phi) is 7.72. The predicted octanol–water partition coefficient (Wildman–Crippen LogP) is 2.40. The van der Waals surface area contributed by atoms with Gasteiger partial charge in [-0.2, -0.15) is 0 Å². The number of benzene rings is 1. The molecule has 0 spiro atoms. The molecule has 1 aromatic carbocycles. The Morgan fingerprint density at radius 3 is 2.71 bits per heavy atom. The van der Waals surface area contributed by atoms with E-state index in [0.29, 0.717) is 17.1 Å². The van der Waals surface area contributed by atoms with Gasteiger partial charge in [-0.25, -0.2) is 10.1 Å². The fraction of sp³-hybridized carbons (Fsp3) is 0.273. The molecule has 0 saturated carbocycles. The fourth-order valence-corrected chi connectivity index (χ4v) is 3.11. The highest BCUT2D eigenvalue weighted by molar-refractivity contribution is 6.10. The quantitative estimate of drug-likeness (QED) is 0.362. The lowest BCUT2D eigenvalue weighted by Crippen LogP contribution is -2.43. The monoisotopic (exact) mass is 420 g/mol. The number of amides is 1. The van der Waals surface area contributed by atoms with Crippen LogP contribution in [0.25, 0.3) is 0 Å². The van der Waals surface area contributed by atoms with Crippen molar-refractivity contribution >= 4 is 35.7 Å². The average molecular weight is 421 g/mol. The third kappa shape index (κ3) is 6.13. The summed E-state index contributed by atoms with van der Waals surface area (Å²) in [6, 6.07) is 11.1. The second kappa shape index (κ2) is 10.9. The molecule has 1 saturated heterocycles. The smallest absolute Gasteiger partial charge is 0.258 e. The van der Waals surface area contributed by atoms with Crippen LogP contribution in [0, 0.1) is 0 Å². The van der Waals surface area contributed by atoms with Crippen molar-refractivity contribution in [1.29, 1.82) is 0 Å². The molecule has 0 radical (unpaired) electrons. The van der Waals surface area contributed by atoms with E-state index in [4.69, 9.17) is 0 Å². The Morgan fingerprint density at radius 1 is 1.26 bits per heavy atom.